The monoisotopic (exact) mass is 283 g/mol. The van der Waals surface area contributed by atoms with Crippen LogP contribution in [0.5, 0.6) is 0 Å². The molecule has 4 atom stereocenters. The molecule has 2 fully saturated rings. The summed E-state index contributed by atoms with van der Waals surface area (Å²) in [6.45, 7) is 0.657. The molecule has 0 aromatic heterocycles. The van der Waals surface area contributed by atoms with Crippen molar-refractivity contribution >= 4 is 5.91 Å². The van der Waals surface area contributed by atoms with Crippen LogP contribution in [0.25, 0.3) is 0 Å². The number of likely N-dealkylation sites (N-methyl/N-ethyl adjacent to an activating group) is 1. The van der Waals surface area contributed by atoms with Crippen LogP contribution in [-0.2, 0) is 9.53 Å². The molecular formula is C16H29NO3. The number of nitrogens with zero attached hydrogens (tertiary/aromatic N) is 1. The molecule has 0 saturated heterocycles. The van der Waals surface area contributed by atoms with E-state index in [4.69, 9.17) is 4.74 Å². The zero-order valence-electron chi connectivity index (χ0n) is 12.9. The van der Waals surface area contributed by atoms with E-state index < -0.39 is 6.10 Å². The number of methoxy groups -OCH3 is 1. The van der Waals surface area contributed by atoms with Gasteiger partial charge in [-0.25, -0.2) is 0 Å². The summed E-state index contributed by atoms with van der Waals surface area (Å²) in [5.74, 6) is 2.03. The van der Waals surface area contributed by atoms with Gasteiger partial charge in [0.1, 0.15) is 0 Å². The van der Waals surface area contributed by atoms with Crippen LogP contribution in [0.3, 0.4) is 0 Å². The highest BCUT2D eigenvalue weighted by Gasteiger charge is 2.36. The molecule has 2 aliphatic carbocycles. The second-order valence-corrected chi connectivity index (χ2v) is 6.64. The summed E-state index contributed by atoms with van der Waals surface area (Å²) in [7, 11) is 3.36. The number of fused-ring (bicyclic) bond motifs is 1. The molecule has 0 radical (unpaired) electrons. The number of amides is 1. The van der Waals surface area contributed by atoms with Crippen molar-refractivity contribution in [3.8, 4) is 0 Å². The Morgan fingerprint density at radius 1 is 1.25 bits per heavy atom. The number of rotatable bonds is 5. The van der Waals surface area contributed by atoms with E-state index in [9.17, 15) is 9.90 Å². The molecule has 20 heavy (non-hydrogen) atoms. The first-order valence-electron chi connectivity index (χ1n) is 8.03. The van der Waals surface area contributed by atoms with Crippen molar-refractivity contribution < 1.29 is 14.6 Å². The highest BCUT2D eigenvalue weighted by molar-refractivity contribution is 5.78. The van der Waals surface area contributed by atoms with Crippen molar-refractivity contribution in [3.63, 3.8) is 0 Å². The van der Waals surface area contributed by atoms with Gasteiger partial charge in [-0.3, -0.25) is 4.79 Å². The van der Waals surface area contributed by atoms with Gasteiger partial charge in [0.2, 0.25) is 5.91 Å². The molecule has 2 rings (SSSR count). The maximum absolute atomic E-state index is 12.5. The third-order valence-electron chi connectivity index (χ3n) is 5.11. The standard InChI is InChI=1S/C16H29NO3/c1-17(10-15(18)11-20-2)16(19)14-8-7-12-5-3-4-6-13(12)9-14/h12-15,18H,3-11H2,1-2H3. The molecule has 4 heteroatoms. The van der Waals surface area contributed by atoms with E-state index in [1.54, 1.807) is 19.1 Å². The molecule has 0 aliphatic heterocycles. The first kappa shape index (κ1) is 15.8. The van der Waals surface area contributed by atoms with Crippen LogP contribution in [0.15, 0.2) is 0 Å². The Balaban J connectivity index is 1.83. The molecule has 4 unspecified atom stereocenters. The van der Waals surface area contributed by atoms with Crippen LogP contribution in [-0.4, -0.2) is 49.3 Å². The van der Waals surface area contributed by atoms with Crippen LogP contribution < -0.4 is 0 Å². The molecule has 0 spiro atoms. The Labute approximate surface area is 122 Å². The normalized spacial score (nSPS) is 31.4. The number of hydrogen-bond acceptors (Lipinski definition) is 3. The molecule has 1 amide bonds. The molecule has 2 aliphatic rings. The van der Waals surface area contributed by atoms with E-state index in [-0.39, 0.29) is 18.4 Å². The van der Waals surface area contributed by atoms with Crippen molar-refractivity contribution in [2.24, 2.45) is 17.8 Å². The van der Waals surface area contributed by atoms with Crippen molar-refractivity contribution in [2.45, 2.75) is 51.0 Å². The Morgan fingerprint density at radius 3 is 2.65 bits per heavy atom. The van der Waals surface area contributed by atoms with Gasteiger partial charge in [-0.15, -0.1) is 0 Å². The first-order valence-corrected chi connectivity index (χ1v) is 8.03. The molecule has 0 heterocycles. The van der Waals surface area contributed by atoms with Gasteiger partial charge in [-0.05, 0) is 31.1 Å². The summed E-state index contributed by atoms with van der Waals surface area (Å²) in [4.78, 5) is 14.2. The second kappa shape index (κ2) is 7.41. The minimum absolute atomic E-state index is 0.175. The maximum atomic E-state index is 12.5. The van der Waals surface area contributed by atoms with Crippen LogP contribution >= 0.6 is 0 Å². The highest BCUT2D eigenvalue weighted by Crippen LogP contribution is 2.43. The topological polar surface area (TPSA) is 49.8 Å². The fourth-order valence-corrected chi connectivity index (χ4v) is 4.06. The fourth-order valence-electron chi connectivity index (χ4n) is 4.06. The van der Waals surface area contributed by atoms with E-state index in [1.807, 2.05) is 0 Å². The first-order chi connectivity index (χ1) is 9.61. The van der Waals surface area contributed by atoms with Gasteiger partial charge in [0, 0.05) is 26.6 Å². The molecule has 0 bridgehead atoms. The average molecular weight is 283 g/mol. The summed E-state index contributed by atoms with van der Waals surface area (Å²) >= 11 is 0. The van der Waals surface area contributed by atoms with Gasteiger partial charge < -0.3 is 14.7 Å². The lowest BCUT2D eigenvalue weighted by Crippen LogP contribution is -2.42. The average Bonchev–Trinajstić information content (AvgIpc) is 2.46. The lowest BCUT2D eigenvalue weighted by atomic mass is 9.67. The summed E-state index contributed by atoms with van der Waals surface area (Å²) in [5.41, 5.74) is 0. The quantitative estimate of drug-likeness (QED) is 0.840. The largest absolute Gasteiger partial charge is 0.389 e. The van der Waals surface area contributed by atoms with Gasteiger partial charge in [0.15, 0.2) is 0 Å². The van der Waals surface area contributed by atoms with Crippen LogP contribution in [0.2, 0.25) is 0 Å². The molecular weight excluding hydrogens is 254 g/mol. The highest BCUT2D eigenvalue weighted by atomic mass is 16.5. The number of aliphatic hydroxyl groups is 1. The van der Waals surface area contributed by atoms with Crippen LogP contribution in [0.1, 0.15) is 44.9 Å². The number of hydrogen-bond donors (Lipinski definition) is 1. The van der Waals surface area contributed by atoms with Crippen LogP contribution in [0.4, 0.5) is 0 Å². The Bertz CT molecular complexity index is 321. The third kappa shape index (κ3) is 3.95. The molecule has 116 valence electrons. The van der Waals surface area contributed by atoms with E-state index in [0.717, 1.165) is 24.7 Å². The van der Waals surface area contributed by atoms with Crippen molar-refractivity contribution in [1.29, 1.82) is 0 Å². The second-order valence-electron chi connectivity index (χ2n) is 6.64. The third-order valence-corrected chi connectivity index (χ3v) is 5.11. The van der Waals surface area contributed by atoms with Gasteiger partial charge >= 0.3 is 0 Å². The van der Waals surface area contributed by atoms with E-state index in [1.165, 1.54) is 32.1 Å². The number of carbonyl (C=O) groups is 1. The summed E-state index contributed by atoms with van der Waals surface area (Å²) in [5, 5.41) is 9.74. The molecule has 1 N–H and O–H groups in total. The Morgan fingerprint density at radius 2 is 1.95 bits per heavy atom. The maximum Gasteiger partial charge on any atom is 0.225 e. The van der Waals surface area contributed by atoms with Gasteiger partial charge in [-0.1, -0.05) is 25.7 Å². The molecule has 0 aromatic rings. The zero-order chi connectivity index (χ0) is 14.5. The fraction of sp³-hybridized carbons (Fsp3) is 0.938. The predicted octanol–water partition coefficient (Wildman–Crippen LogP) is 2.06. The number of carbonyl (C=O) groups excluding carboxylic acids is 1. The lowest BCUT2D eigenvalue weighted by Gasteiger charge is -2.39. The van der Waals surface area contributed by atoms with E-state index >= 15 is 0 Å². The molecule has 0 aromatic carbocycles. The van der Waals surface area contributed by atoms with Crippen molar-refractivity contribution in [2.75, 3.05) is 27.3 Å². The van der Waals surface area contributed by atoms with Gasteiger partial charge in [-0.2, -0.15) is 0 Å². The molecule has 4 nitrogen and oxygen atoms in total. The summed E-state index contributed by atoms with van der Waals surface area (Å²) in [6, 6.07) is 0. The van der Waals surface area contributed by atoms with Crippen LogP contribution in [0, 0.1) is 17.8 Å². The SMILES string of the molecule is COCC(O)CN(C)C(=O)C1CCC2CCCCC2C1. The summed E-state index contributed by atoms with van der Waals surface area (Å²) < 4.78 is 4.91. The Kier molecular flexibility index (Phi) is 5.85. The minimum atomic E-state index is -0.583. The van der Waals surface area contributed by atoms with Gasteiger partial charge in [0.25, 0.3) is 0 Å². The smallest absolute Gasteiger partial charge is 0.225 e. The van der Waals surface area contributed by atoms with Crippen molar-refractivity contribution in [1.82, 2.24) is 4.90 Å². The minimum Gasteiger partial charge on any atom is -0.389 e. The Hall–Kier alpha value is -0.610. The summed E-state index contributed by atoms with van der Waals surface area (Å²) in [6.07, 6.45) is 8.13. The van der Waals surface area contributed by atoms with Gasteiger partial charge in [0.05, 0.1) is 12.7 Å². The number of aliphatic hydroxyl groups excluding tert-OH is 1. The predicted molar refractivity (Wildman–Crippen MR) is 78.3 cm³/mol. The number of ether oxygens (including phenoxy) is 1. The zero-order valence-corrected chi connectivity index (χ0v) is 12.9. The lowest BCUT2D eigenvalue weighted by molar-refractivity contribution is -0.138. The molecule has 2 saturated carbocycles. The van der Waals surface area contributed by atoms with E-state index in [2.05, 4.69) is 0 Å². The van der Waals surface area contributed by atoms with E-state index in [0.29, 0.717) is 6.54 Å². The van der Waals surface area contributed by atoms with Crippen molar-refractivity contribution in [3.05, 3.63) is 0 Å².